The number of benzene rings is 1. The first kappa shape index (κ1) is 13.9. The molecule has 0 amide bonds. The third-order valence-electron chi connectivity index (χ3n) is 4.06. The van der Waals surface area contributed by atoms with Crippen LogP contribution in [-0.4, -0.2) is 20.6 Å². The molecular weight excluding hydrogens is 288 g/mol. The van der Waals surface area contributed by atoms with E-state index in [0.29, 0.717) is 6.04 Å². The largest absolute Gasteiger partial charge is 0.374 e. The van der Waals surface area contributed by atoms with Gasteiger partial charge in [-0.1, -0.05) is 28.4 Å². The van der Waals surface area contributed by atoms with Crippen molar-refractivity contribution in [2.24, 2.45) is 5.92 Å². The summed E-state index contributed by atoms with van der Waals surface area (Å²) in [4.78, 5) is 2.41. The summed E-state index contributed by atoms with van der Waals surface area (Å²) in [5.74, 6) is 0.895. The Morgan fingerprint density at radius 2 is 2.17 bits per heavy atom. The van der Waals surface area contributed by atoms with Crippen LogP contribution in [0.1, 0.15) is 37.8 Å². The van der Waals surface area contributed by atoms with Gasteiger partial charge in [0.2, 0.25) is 0 Å². The number of nitrogens with one attached hydrogen (secondary N) is 1. The van der Waals surface area contributed by atoms with Crippen molar-refractivity contribution < 1.29 is 0 Å². The Kier molecular flexibility index (Phi) is 4.68. The molecule has 1 aliphatic carbocycles. The third-order valence-corrected chi connectivity index (χ3v) is 4.55. The highest BCUT2D eigenvalue weighted by molar-refractivity contribution is 9.10. The van der Waals surface area contributed by atoms with E-state index in [1.54, 1.807) is 0 Å². The minimum Gasteiger partial charge on any atom is -0.374 e. The number of anilines is 1. The van der Waals surface area contributed by atoms with Crippen molar-refractivity contribution in [3.05, 3.63) is 28.2 Å². The molecule has 1 N–H and O–H groups in total. The van der Waals surface area contributed by atoms with Crippen LogP contribution in [0.4, 0.5) is 5.69 Å². The molecule has 1 aromatic rings. The summed E-state index contributed by atoms with van der Waals surface area (Å²) in [6.07, 6.45) is 4.21. The number of rotatable bonds is 5. The van der Waals surface area contributed by atoms with Gasteiger partial charge >= 0.3 is 0 Å². The van der Waals surface area contributed by atoms with Crippen LogP contribution >= 0.6 is 15.9 Å². The highest BCUT2D eigenvalue weighted by atomic mass is 79.9. The molecule has 18 heavy (non-hydrogen) atoms. The number of hydrogen-bond donors (Lipinski definition) is 1. The summed E-state index contributed by atoms with van der Waals surface area (Å²) in [6.45, 7) is 3.39. The van der Waals surface area contributed by atoms with Gasteiger partial charge in [0.25, 0.3) is 0 Å². The van der Waals surface area contributed by atoms with Gasteiger partial charge in [-0.2, -0.15) is 0 Å². The van der Waals surface area contributed by atoms with E-state index in [1.165, 1.54) is 37.1 Å². The first-order chi connectivity index (χ1) is 8.61. The molecule has 2 rings (SSSR count). The molecule has 3 heteroatoms. The number of nitrogens with zero attached hydrogens (tertiary/aromatic N) is 1. The topological polar surface area (TPSA) is 15.3 Å². The van der Waals surface area contributed by atoms with Crippen LogP contribution in [-0.2, 0) is 0 Å². The molecule has 1 unspecified atom stereocenters. The minimum atomic E-state index is 0.386. The highest BCUT2D eigenvalue weighted by Crippen LogP contribution is 2.32. The molecule has 1 aliphatic rings. The fourth-order valence-corrected chi connectivity index (χ4v) is 2.88. The van der Waals surface area contributed by atoms with E-state index < -0.39 is 0 Å². The van der Waals surface area contributed by atoms with Crippen molar-refractivity contribution >= 4 is 21.6 Å². The van der Waals surface area contributed by atoms with Gasteiger partial charge in [0.1, 0.15) is 0 Å². The van der Waals surface area contributed by atoms with E-state index in [0.717, 1.165) is 10.4 Å². The second-order valence-electron chi connectivity index (χ2n) is 5.39. The molecular formula is C15H23BrN2. The molecule has 0 spiro atoms. The number of hydrogen-bond acceptors (Lipinski definition) is 2. The van der Waals surface area contributed by atoms with Crippen LogP contribution in [0.3, 0.4) is 0 Å². The predicted octanol–water partition coefficient (Wildman–Crippen LogP) is 3.97. The van der Waals surface area contributed by atoms with Crippen molar-refractivity contribution in [3.8, 4) is 0 Å². The predicted molar refractivity (Wildman–Crippen MR) is 82.2 cm³/mol. The monoisotopic (exact) mass is 310 g/mol. The molecule has 1 fully saturated rings. The van der Waals surface area contributed by atoms with Crippen LogP contribution in [0.2, 0.25) is 0 Å². The van der Waals surface area contributed by atoms with E-state index in [-0.39, 0.29) is 0 Å². The van der Waals surface area contributed by atoms with Crippen molar-refractivity contribution in [2.45, 2.75) is 32.2 Å². The van der Waals surface area contributed by atoms with Crippen LogP contribution in [0.25, 0.3) is 0 Å². The Bertz CT molecular complexity index is 401. The fourth-order valence-electron chi connectivity index (χ4n) is 2.53. The SMILES string of the molecule is CNC(C)c1ccc(Br)cc1N(C)CC1CCC1. The zero-order valence-corrected chi connectivity index (χ0v) is 13.1. The maximum absolute atomic E-state index is 3.59. The summed E-state index contributed by atoms with van der Waals surface area (Å²) in [6, 6.07) is 6.97. The van der Waals surface area contributed by atoms with Gasteiger partial charge < -0.3 is 10.2 Å². The van der Waals surface area contributed by atoms with Crippen molar-refractivity contribution in [1.82, 2.24) is 5.32 Å². The minimum absolute atomic E-state index is 0.386. The van der Waals surface area contributed by atoms with Gasteiger partial charge in [0, 0.05) is 29.8 Å². The molecule has 1 aromatic carbocycles. The molecule has 0 bridgehead atoms. The van der Waals surface area contributed by atoms with Crippen LogP contribution in [0.5, 0.6) is 0 Å². The third kappa shape index (κ3) is 3.07. The molecule has 0 aliphatic heterocycles. The Morgan fingerprint density at radius 1 is 1.44 bits per heavy atom. The van der Waals surface area contributed by atoms with Gasteiger partial charge in [-0.15, -0.1) is 0 Å². The number of halogens is 1. The first-order valence-electron chi connectivity index (χ1n) is 6.79. The lowest BCUT2D eigenvalue weighted by Gasteiger charge is -2.33. The van der Waals surface area contributed by atoms with E-state index in [9.17, 15) is 0 Å². The van der Waals surface area contributed by atoms with Crippen molar-refractivity contribution in [3.63, 3.8) is 0 Å². The summed E-state index contributed by atoms with van der Waals surface area (Å²) in [5, 5.41) is 3.34. The normalized spacial score (nSPS) is 17.3. The van der Waals surface area contributed by atoms with Gasteiger partial charge in [-0.3, -0.25) is 0 Å². The average molecular weight is 311 g/mol. The van der Waals surface area contributed by atoms with E-state index in [4.69, 9.17) is 0 Å². The summed E-state index contributed by atoms with van der Waals surface area (Å²) < 4.78 is 1.16. The second kappa shape index (κ2) is 6.07. The molecule has 0 radical (unpaired) electrons. The summed E-state index contributed by atoms with van der Waals surface area (Å²) in [7, 11) is 4.23. The van der Waals surface area contributed by atoms with Crippen LogP contribution in [0, 0.1) is 5.92 Å². The maximum atomic E-state index is 3.59. The Labute approximate surface area is 119 Å². The molecule has 0 aromatic heterocycles. The van der Waals surface area contributed by atoms with Gasteiger partial charge in [-0.05, 0) is 50.4 Å². The maximum Gasteiger partial charge on any atom is 0.0423 e. The second-order valence-corrected chi connectivity index (χ2v) is 6.31. The smallest absolute Gasteiger partial charge is 0.0423 e. The zero-order chi connectivity index (χ0) is 13.1. The highest BCUT2D eigenvalue weighted by Gasteiger charge is 2.21. The summed E-state index contributed by atoms with van der Waals surface area (Å²) in [5.41, 5.74) is 2.72. The standard InChI is InChI=1S/C15H23BrN2/c1-11(17-2)14-8-7-13(16)9-15(14)18(3)10-12-5-4-6-12/h7-9,11-12,17H,4-6,10H2,1-3H3. The Balaban J connectivity index is 2.19. The van der Waals surface area contributed by atoms with E-state index in [1.807, 2.05) is 7.05 Å². The molecule has 2 nitrogen and oxygen atoms in total. The Hall–Kier alpha value is -0.540. The van der Waals surface area contributed by atoms with Gasteiger partial charge in [0.05, 0.1) is 0 Å². The first-order valence-corrected chi connectivity index (χ1v) is 7.59. The molecule has 100 valence electrons. The lowest BCUT2D eigenvalue weighted by Crippen LogP contribution is -2.30. The van der Waals surface area contributed by atoms with Gasteiger partial charge in [-0.25, -0.2) is 0 Å². The summed E-state index contributed by atoms with van der Waals surface area (Å²) >= 11 is 3.59. The van der Waals surface area contributed by atoms with Crippen LogP contribution in [0.15, 0.2) is 22.7 Å². The average Bonchev–Trinajstić information content (AvgIpc) is 2.32. The van der Waals surface area contributed by atoms with Crippen molar-refractivity contribution in [1.29, 1.82) is 0 Å². The van der Waals surface area contributed by atoms with E-state index in [2.05, 4.69) is 58.3 Å². The fraction of sp³-hybridized carbons (Fsp3) is 0.600. The van der Waals surface area contributed by atoms with Gasteiger partial charge in [0.15, 0.2) is 0 Å². The molecule has 0 heterocycles. The van der Waals surface area contributed by atoms with Crippen molar-refractivity contribution in [2.75, 3.05) is 25.5 Å². The Morgan fingerprint density at radius 3 is 2.72 bits per heavy atom. The molecule has 1 saturated carbocycles. The van der Waals surface area contributed by atoms with Crippen LogP contribution < -0.4 is 10.2 Å². The lowest BCUT2D eigenvalue weighted by molar-refractivity contribution is 0.321. The zero-order valence-electron chi connectivity index (χ0n) is 11.5. The molecule has 0 saturated heterocycles. The van der Waals surface area contributed by atoms with E-state index >= 15 is 0 Å². The lowest BCUT2D eigenvalue weighted by atomic mass is 9.85. The molecule has 1 atom stereocenters. The quantitative estimate of drug-likeness (QED) is 0.885.